The highest BCUT2D eigenvalue weighted by molar-refractivity contribution is 5.40. The van der Waals surface area contributed by atoms with Crippen molar-refractivity contribution in [2.24, 2.45) is 10.8 Å². The third kappa shape index (κ3) is 1.66. The zero-order chi connectivity index (χ0) is 12.8. The molecule has 94 valence electrons. The van der Waals surface area contributed by atoms with Crippen LogP contribution in [-0.2, 0) is 6.54 Å². The first-order valence-corrected chi connectivity index (χ1v) is 6.14. The van der Waals surface area contributed by atoms with Crippen LogP contribution < -0.4 is 10.9 Å². The number of hydrogen-bond acceptors (Lipinski definition) is 3. The zero-order valence-electron chi connectivity index (χ0n) is 11.2. The zero-order valence-corrected chi connectivity index (χ0v) is 11.2. The Balaban J connectivity index is 2.25. The minimum atomic E-state index is -0.0338. The summed E-state index contributed by atoms with van der Waals surface area (Å²) in [6.45, 7) is 11.5. The Bertz CT molecular complexity index is 474. The highest BCUT2D eigenvalue weighted by Crippen LogP contribution is 2.63. The molecule has 0 unspecified atom stereocenters. The molecule has 1 saturated carbocycles. The second-order valence-corrected chi connectivity index (χ2v) is 5.89. The minimum Gasteiger partial charge on any atom is -0.362 e. The van der Waals surface area contributed by atoms with Gasteiger partial charge in [0.05, 0.1) is 0 Å². The van der Waals surface area contributed by atoms with Crippen LogP contribution in [0, 0.1) is 10.8 Å². The molecule has 0 atom stereocenters. The lowest BCUT2D eigenvalue weighted by Gasteiger charge is -2.08. The van der Waals surface area contributed by atoms with E-state index in [4.69, 9.17) is 0 Å². The van der Waals surface area contributed by atoms with E-state index >= 15 is 0 Å². The monoisotopic (exact) mass is 235 g/mol. The first-order chi connectivity index (χ1) is 7.82. The van der Waals surface area contributed by atoms with Crippen molar-refractivity contribution in [2.45, 2.75) is 47.2 Å². The summed E-state index contributed by atoms with van der Waals surface area (Å²) in [6.07, 6.45) is 3.40. The van der Waals surface area contributed by atoms with Gasteiger partial charge in [0.2, 0.25) is 0 Å². The van der Waals surface area contributed by atoms with Crippen molar-refractivity contribution >= 4 is 5.82 Å². The predicted octanol–water partition coefficient (Wildman–Crippen LogP) is 2.11. The van der Waals surface area contributed by atoms with Gasteiger partial charge in [-0.15, -0.1) is 0 Å². The maximum absolute atomic E-state index is 12.0. The summed E-state index contributed by atoms with van der Waals surface area (Å²) in [4.78, 5) is 16.2. The highest BCUT2D eigenvalue weighted by Gasteiger charge is 2.65. The van der Waals surface area contributed by atoms with Crippen molar-refractivity contribution in [3.8, 4) is 0 Å². The molecule has 1 aromatic heterocycles. The molecule has 17 heavy (non-hydrogen) atoms. The second-order valence-electron chi connectivity index (χ2n) is 5.89. The fourth-order valence-corrected chi connectivity index (χ4v) is 2.49. The summed E-state index contributed by atoms with van der Waals surface area (Å²) in [6, 6.07) is 0.308. The summed E-state index contributed by atoms with van der Waals surface area (Å²) >= 11 is 0. The van der Waals surface area contributed by atoms with E-state index in [2.05, 4.69) is 38.0 Å². The quantitative estimate of drug-likeness (QED) is 0.873. The average molecular weight is 235 g/mol. The molecule has 1 aliphatic carbocycles. The standard InChI is InChI=1S/C13H21N3O/c1-6-16-8-7-14-9(10(16)17)15-11-12(2,3)13(11,4)5/h7-8,11H,6H2,1-5H3,(H,14,15). The van der Waals surface area contributed by atoms with Gasteiger partial charge in [0.15, 0.2) is 5.82 Å². The molecule has 1 heterocycles. The van der Waals surface area contributed by atoms with Crippen molar-refractivity contribution in [1.29, 1.82) is 0 Å². The smallest absolute Gasteiger partial charge is 0.293 e. The largest absolute Gasteiger partial charge is 0.362 e. The van der Waals surface area contributed by atoms with Crippen LogP contribution in [0.25, 0.3) is 0 Å². The number of rotatable bonds is 3. The van der Waals surface area contributed by atoms with Crippen LogP contribution in [0.5, 0.6) is 0 Å². The third-order valence-electron chi connectivity index (χ3n) is 4.56. The molecule has 1 aliphatic rings. The Morgan fingerprint density at radius 1 is 1.35 bits per heavy atom. The van der Waals surface area contributed by atoms with Crippen molar-refractivity contribution in [3.63, 3.8) is 0 Å². The number of anilines is 1. The SMILES string of the molecule is CCn1ccnc(NC2C(C)(C)C2(C)C)c1=O. The van der Waals surface area contributed by atoms with Gasteiger partial charge in [-0.3, -0.25) is 4.79 Å². The Morgan fingerprint density at radius 2 is 1.94 bits per heavy atom. The lowest BCUT2D eigenvalue weighted by Crippen LogP contribution is -2.26. The van der Waals surface area contributed by atoms with Gasteiger partial charge in [-0.25, -0.2) is 4.98 Å². The van der Waals surface area contributed by atoms with Gasteiger partial charge in [0.1, 0.15) is 0 Å². The summed E-state index contributed by atoms with van der Waals surface area (Å²) in [7, 11) is 0. The van der Waals surface area contributed by atoms with Crippen LogP contribution in [-0.4, -0.2) is 15.6 Å². The Hall–Kier alpha value is -1.32. The Labute approximate surface area is 102 Å². The van der Waals surface area contributed by atoms with E-state index in [9.17, 15) is 4.79 Å². The molecule has 0 saturated heterocycles. The van der Waals surface area contributed by atoms with Gasteiger partial charge >= 0.3 is 0 Å². The second kappa shape index (κ2) is 3.59. The van der Waals surface area contributed by atoms with Crippen LogP contribution in [0.3, 0.4) is 0 Å². The lowest BCUT2D eigenvalue weighted by atomic mass is 10.0. The molecule has 4 heteroatoms. The van der Waals surface area contributed by atoms with Crippen LogP contribution in [0.2, 0.25) is 0 Å². The van der Waals surface area contributed by atoms with E-state index in [1.165, 1.54) is 0 Å². The van der Waals surface area contributed by atoms with Gasteiger partial charge in [-0.05, 0) is 17.8 Å². The van der Waals surface area contributed by atoms with E-state index in [0.29, 0.717) is 18.4 Å². The first-order valence-electron chi connectivity index (χ1n) is 6.14. The number of hydrogen-bond donors (Lipinski definition) is 1. The molecule has 0 aliphatic heterocycles. The molecule has 0 radical (unpaired) electrons. The van der Waals surface area contributed by atoms with E-state index in [0.717, 1.165) is 0 Å². The fraction of sp³-hybridized carbons (Fsp3) is 0.692. The number of aromatic nitrogens is 2. The number of nitrogens with one attached hydrogen (secondary N) is 1. The topological polar surface area (TPSA) is 46.9 Å². The van der Waals surface area contributed by atoms with E-state index in [1.54, 1.807) is 17.0 Å². The molecular formula is C13H21N3O. The van der Waals surface area contributed by atoms with Crippen molar-refractivity contribution in [3.05, 3.63) is 22.7 Å². The average Bonchev–Trinajstić information content (AvgIpc) is 2.63. The van der Waals surface area contributed by atoms with Crippen molar-refractivity contribution in [2.75, 3.05) is 5.32 Å². The molecule has 4 nitrogen and oxygen atoms in total. The van der Waals surface area contributed by atoms with Crippen molar-refractivity contribution < 1.29 is 0 Å². The number of nitrogens with zero attached hydrogens (tertiary/aromatic N) is 2. The highest BCUT2D eigenvalue weighted by atomic mass is 16.1. The van der Waals surface area contributed by atoms with Gasteiger partial charge in [0.25, 0.3) is 5.56 Å². The fourth-order valence-electron chi connectivity index (χ4n) is 2.49. The summed E-state index contributed by atoms with van der Waals surface area (Å²) in [5, 5.41) is 3.29. The predicted molar refractivity (Wildman–Crippen MR) is 69.1 cm³/mol. The van der Waals surface area contributed by atoms with Gasteiger partial charge < -0.3 is 9.88 Å². The van der Waals surface area contributed by atoms with Crippen molar-refractivity contribution in [1.82, 2.24) is 9.55 Å². The van der Waals surface area contributed by atoms with E-state index < -0.39 is 0 Å². The van der Waals surface area contributed by atoms with Gasteiger partial charge in [0, 0.05) is 25.0 Å². The first kappa shape index (κ1) is 12.1. The molecule has 0 spiro atoms. The molecular weight excluding hydrogens is 214 g/mol. The van der Waals surface area contributed by atoms with Crippen LogP contribution in [0.4, 0.5) is 5.82 Å². The molecule has 1 N–H and O–H groups in total. The molecule has 0 aromatic carbocycles. The van der Waals surface area contributed by atoms with Crippen LogP contribution in [0.1, 0.15) is 34.6 Å². The molecule has 2 rings (SSSR count). The number of aryl methyl sites for hydroxylation is 1. The van der Waals surface area contributed by atoms with Gasteiger partial charge in [-0.1, -0.05) is 27.7 Å². The Kier molecular flexibility index (Phi) is 2.56. The van der Waals surface area contributed by atoms with Crippen LogP contribution >= 0.6 is 0 Å². The van der Waals surface area contributed by atoms with Gasteiger partial charge in [-0.2, -0.15) is 0 Å². The third-order valence-corrected chi connectivity index (χ3v) is 4.56. The maximum Gasteiger partial charge on any atom is 0.293 e. The van der Waals surface area contributed by atoms with E-state index in [-0.39, 0.29) is 16.4 Å². The lowest BCUT2D eigenvalue weighted by molar-refractivity contribution is 0.457. The summed E-state index contributed by atoms with van der Waals surface area (Å²) < 4.78 is 1.66. The summed E-state index contributed by atoms with van der Waals surface area (Å²) in [5.41, 5.74) is 0.371. The molecule has 0 bridgehead atoms. The molecule has 1 aromatic rings. The normalized spacial score (nSPS) is 21.2. The molecule has 0 amide bonds. The van der Waals surface area contributed by atoms with E-state index in [1.807, 2.05) is 6.92 Å². The minimum absolute atomic E-state index is 0.0338. The Morgan fingerprint density at radius 3 is 2.41 bits per heavy atom. The van der Waals surface area contributed by atoms with Crippen LogP contribution in [0.15, 0.2) is 17.2 Å². The maximum atomic E-state index is 12.0. The molecule has 1 fully saturated rings. The summed E-state index contributed by atoms with van der Waals surface area (Å²) in [5.74, 6) is 0.470.